The number of esters is 1. The standard InChI is InChI=1S/C18H21N3O6/c1-4-19-18(24)20-16(22)10-26-17(23)13-6-5-7-14(8-13)25-9-15-11(2)21-27-12(15)3/h5-8H,4,9-10H2,1-3H3,(H2,19,20,22,24). The summed E-state index contributed by atoms with van der Waals surface area (Å²) < 4.78 is 15.6. The molecule has 0 saturated heterocycles. The van der Waals surface area contributed by atoms with E-state index in [-0.39, 0.29) is 12.2 Å². The van der Waals surface area contributed by atoms with Crippen molar-refractivity contribution >= 4 is 17.9 Å². The van der Waals surface area contributed by atoms with Gasteiger partial charge in [0, 0.05) is 6.54 Å². The fraction of sp³-hybridized carbons (Fsp3) is 0.333. The fourth-order valence-electron chi connectivity index (χ4n) is 2.16. The Morgan fingerprint density at radius 3 is 2.67 bits per heavy atom. The number of ether oxygens (including phenoxy) is 2. The molecule has 0 fully saturated rings. The van der Waals surface area contributed by atoms with Crippen LogP contribution in [-0.4, -0.2) is 36.2 Å². The molecule has 0 aliphatic rings. The second-order valence-electron chi connectivity index (χ2n) is 5.60. The molecule has 0 aliphatic heterocycles. The first-order valence-corrected chi connectivity index (χ1v) is 8.30. The van der Waals surface area contributed by atoms with Crippen LogP contribution in [-0.2, 0) is 16.1 Å². The van der Waals surface area contributed by atoms with Crippen molar-refractivity contribution in [2.75, 3.05) is 13.2 Å². The summed E-state index contributed by atoms with van der Waals surface area (Å²) in [5, 5.41) is 8.29. The molecule has 9 heteroatoms. The monoisotopic (exact) mass is 375 g/mol. The van der Waals surface area contributed by atoms with Crippen LogP contribution in [0.1, 0.15) is 34.3 Å². The van der Waals surface area contributed by atoms with Crippen molar-refractivity contribution in [1.82, 2.24) is 15.8 Å². The second kappa shape index (κ2) is 9.37. The number of benzene rings is 1. The number of hydrogen-bond acceptors (Lipinski definition) is 7. The van der Waals surface area contributed by atoms with Gasteiger partial charge in [0.1, 0.15) is 18.1 Å². The highest BCUT2D eigenvalue weighted by atomic mass is 16.5. The molecule has 2 N–H and O–H groups in total. The van der Waals surface area contributed by atoms with Crippen LogP contribution in [0, 0.1) is 13.8 Å². The zero-order chi connectivity index (χ0) is 19.8. The molecule has 1 aromatic carbocycles. The first-order valence-electron chi connectivity index (χ1n) is 8.30. The number of amides is 3. The molecule has 0 saturated carbocycles. The predicted octanol–water partition coefficient (Wildman–Crippen LogP) is 1.87. The van der Waals surface area contributed by atoms with Gasteiger partial charge in [-0.1, -0.05) is 11.2 Å². The van der Waals surface area contributed by atoms with Crippen molar-refractivity contribution in [1.29, 1.82) is 0 Å². The lowest BCUT2D eigenvalue weighted by atomic mass is 10.2. The Hall–Kier alpha value is -3.36. The predicted molar refractivity (Wildman–Crippen MR) is 94.2 cm³/mol. The molecule has 3 amide bonds. The Balaban J connectivity index is 1.89. The first kappa shape index (κ1) is 20.0. The number of aromatic nitrogens is 1. The molecule has 0 atom stereocenters. The van der Waals surface area contributed by atoms with Gasteiger partial charge in [-0.05, 0) is 39.0 Å². The van der Waals surface area contributed by atoms with E-state index in [4.69, 9.17) is 14.0 Å². The van der Waals surface area contributed by atoms with Gasteiger partial charge in [0.05, 0.1) is 16.8 Å². The quantitative estimate of drug-likeness (QED) is 0.709. The third-order valence-electron chi connectivity index (χ3n) is 3.56. The van der Waals surface area contributed by atoms with Crippen LogP contribution >= 0.6 is 0 Å². The summed E-state index contributed by atoms with van der Waals surface area (Å²) in [6.07, 6.45) is 0. The number of nitrogens with zero attached hydrogens (tertiary/aromatic N) is 1. The van der Waals surface area contributed by atoms with Crippen LogP contribution in [0.15, 0.2) is 28.8 Å². The maximum atomic E-state index is 12.1. The third kappa shape index (κ3) is 5.84. The van der Waals surface area contributed by atoms with Gasteiger partial charge in [-0.15, -0.1) is 0 Å². The van der Waals surface area contributed by atoms with Crippen LogP contribution in [0.25, 0.3) is 0 Å². The topological polar surface area (TPSA) is 120 Å². The van der Waals surface area contributed by atoms with E-state index in [0.29, 0.717) is 18.1 Å². The minimum absolute atomic E-state index is 0.220. The molecule has 9 nitrogen and oxygen atoms in total. The summed E-state index contributed by atoms with van der Waals surface area (Å²) >= 11 is 0. The molecule has 144 valence electrons. The molecule has 0 unspecified atom stereocenters. The molecular weight excluding hydrogens is 354 g/mol. The lowest BCUT2D eigenvalue weighted by Crippen LogP contribution is -2.41. The van der Waals surface area contributed by atoms with Crippen LogP contribution in [0.4, 0.5) is 4.79 Å². The Morgan fingerprint density at radius 1 is 1.22 bits per heavy atom. The molecule has 0 spiro atoms. The second-order valence-corrected chi connectivity index (χ2v) is 5.60. The van der Waals surface area contributed by atoms with Gasteiger partial charge in [0.15, 0.2) is 6.61 Å². The summed E-state index contributed by atoms with van der Waals surface area (Å²) in [4.78, 5) is 34.8. The lowest BCUT2D eigenvalue weighted by molar-refractivity contribution is -0.123. The lowest BCUT2D eigenvalue weighted by Gasteiger charge is -2.08. The summed E-state index contributed by atoms with van der Waals surface area (Å²) in [6, 6.07) is 5.72. The first-order chi connectivity index (χ1) is 12.9. The van der Waals surface area contributed by atoms with E-state index < -0.39 is 24.5 Å². The van der Waals surface area contributed by atoms with Gasteiger partial charge in [0.2, 0.25) is 0 Å². The fourth-order valence-corrected chi connectivity index (χ4v) is 2.16. The van der Waals surface area contributed by atoms with Gasteiger partial charge in [-0.3, -0.25) is 10.1 Å². The molecule has 1 aromatic heterocycles. The SMILES string of the molecule is CCNC(=O)NC(=O)COC(=O)c1cccc(OCc2c(C)noc2C)c1. The maximum Gasteiger partial charge on any atom is 0.338 e. The van der Waals surface area contributed by atoms with Crippen LogP contribution in [0.5, 0.6) is 5.75 Å². The number of carbonyl (C=O) groups excluding carboxylic acids is 3. The number of nitrogens with one attached hydrogen (secondary N) is 2. The van der Waals surface area contributed by atoms with E-state index in [1.807, 2.05) is 12.2 Å². The van der Waals surface area contributed by atoms with Crippen molar-refractivity contribution in [3.8, 4) is 5.75 Å². The van der Waals surface area contributed by atoms with Crippen molar-refractivity contribution in [2.24, 2.45) is 0 Å². The number of imide groups is 1. The normalized spacial score (nSPS) is 10.2. The third-order valence-corrected chi connectivity index (χ3v) is 3.56. The zero-order valence-electron chi connectivity index (χ0n) is 15.3. The minimum atomic E-state index is -0.722. The molecule has 27 heavy (non-hydrogen) atoms. The minimum Gasteiger partial charge on any atom is -0.489 e. The highest BCUT2D eigenvalue weighted by molar-refractivity contribution is 5.97. The highest BCUT2D eigenvalue weighted by Crippen LogP contribution is 2.19. The number of rotatable bonds is 7. The van der Waals surface area contributed by atoms with Gasteiger partial charge in [-0.2, -0.15) is 0 Å². The zero-order valence-corrected chi connectivity index (χ0v) is 15.3. The molecule has 0 radical (unpaired) electrons. The van der Waals surface area contributed by atoms with E-state index in [2.05, 4.69) is 10.5 Å². The van der Waals surface area contributed by atoms with E-state index in [1.54, 1.807) is 26.0 Å². The van der Waals surface area contributed by atoms with E-state index in [9.17, 15) is 14.4 Å². The number of carbonyl (C=O) groups is 3. The van der Waals surface area contributed by atoms with Crippen molar-refractivity contribution in [3.05, 3.63) is 46.8 Å². The average molecular weight is 375 g/mol. The van der Waals surface area contributed by atoms with Gasteiger partial charge in [-0.25, -0.2) is 9.59 Å². The molecule has 2 aromatic rings. The summed E-state index contributed by atoms with van der Waals surface area (Å²) in [6.45, 7) is 5.37. The molecule has 0 aliphatic carbocycles. The Kier molecular flexibility index (Phi) is 6.93. The largest absolute Gasteiger partial charge is 0.489 e. The van der Waals surface area contributed by atoms with E-state index in [0.717, 1.165) is 11.3 Å². The van der Waals surface area contributed by atoms with Crippen LogP contribution < -0.4 is 15.4 Å². The molecule has 2 rings (SSSR count). The Bertz CT molecular complexity index is 811. The molecule has 1 heterocycles. The maximum absolute atomic E-state index is 12.1. The number of hydrogen-bond donors (Lipinski definition) is 2. The van der Waals surface area contributed by atoms with Crippen molar-refractivity contribution in [2.45, 2.75) is 27.4 Å². The number of urea groups is 1. The average Bonchev–Trinajstić information content (AvgIpc) is 2.96. The van der Waals surface area contributed by atoms with Crippen LogP contribution in [0.2, 0.25) is 0 Å². The smallest absolute Gasteiger partial charge is 0.338 e. The summed E-state index contributed by atoms with van der Waals surface area (Å²) in [7, 11) is 0. The number of aryl methyl sites for hydroxylation is 2. The molecular formula is C18H21N3O6. The van der Waals surface area contributed by atoms with Crippen molar-refractivity contribution < 1.29 is 28.4 Å². The highest BCUT2D eigenvalue weighted by Gasteiger charge is 2.14. The summed E-state index contributed by atoms with van der Waals surface area (Å²) in [5.41, 5.74) is 1.79. The van der Waals surface area contributed by atoms with E-state index in [1.165, 1.54) is 12.1 Å². The van der Waals surface area contributed by atoms with E-state index >= 15 is 0 Å². The van der Waals surface area contributed by atoms with Gasteiger partial charge < -0.3 is 19.3 Å². The summed E-state index contributed by atoms with van der Waals surface area (Å²) in [5.74, 6) is -0.304. The molecule has 0 bridgehead atoms. The van der Waals surface area contributed by atoms with Crippen molar-refractivity contribution in [3.63, 3.8) is 0 Å². The Labute approximate surface area is 156 Å². The van der Waals surface area contributed by atoms with Gasteiger partial charge in [0.25, 0.3) is 5.91 Å². The van der Waals surface area contributed by atoms with Crippen LogP contribution in [0.3, 0.4) is 0 Å². The van der Waals surface area contributed by atoms with Gasteiger partial charge >= 0.3 is 12.0 Å². The Morgan fingerprint density at radius 2 is 2.00 bits per heavy atom.